The van der Waals surface area contributed by atoms with Crippen molar-refractivity contribution in [1.29, 1.82) is 0 Å². The minimum absolute atomic E-state index is 0.214. The van der Waals surface area contributed by atoms with Crippen LogP contribution in [0.4, 0.5) is 10.7 Å². The number of nitrogens with zero attached hydrogens (tertiary/aromatic N) is 6. The molecule has 0 spiro atoms. The first-order valence-corrected chi connectivity index (χ1v) is 10.9. The molecule has 2 heterocycles. The van der Waals surface area contributed by atoms with Crippen molar-refractivity contribution in [1.82, 2.24) is 24.6 Å². The third-order valence-corrected chi connectivity index (χ3v) is 5.98. The lowest BCUT2D eigenvalue weighted by Gasteiger charge is -2.22. The van der Waals surface area contributed by atoms with Gasteiger partial charge in [-0.3, -0.25) is 9.58 Å². The number of amides is 2. The van der Waals surface area contributed by atoms with Crippen molar-refractivity contribution in [2.45, 2.75) is 38.1 Å². The Morgan fingerprint density at radius 2 is 1.72 bits per heavy atom. The van der Waals surface area contributed by atoms with Crippen LogP contribution in [0.2, 0.25) is 0 Å². The van der Waals surface area contributed by atoms with Crippen molar-refractivity contribution < 1.29 is 14.3 Å². The summed E-state index contributed by atoms with van der Waals surface area (Å²) >= 11 is 0. The van der Waals surface area contributed by atoms with Crippen LogP contribution in [0.1, 0.15) is 38.1 Å². The highest BCUT2D eigenvalue weighted by atomic mass is 16.5. The topological polar surface area (TPSA) is 85.6 Å². The molecule has 2 aromatic heterocycles. The van der Waals surface area contributed by atoms with Gasteiger partial charge in [0.25, 0.3) is 0 Å². The van der Waals surface area contributed by atoms with Crippen molar-refractivity contribution in [3.05, 3.63) is 24.5 Å². The van der Waals surface area contributed by atoms with Gasteiger partial charge in [0.15, 0.2) is 11.5 Å². The highest BCUT2D eigenvalue weighted by Crippen LogP contribution is 2.37. The van der Waals surface area contributed by atoms with Crippen molar-refractivity contribution >= 4 is 22.9 Å². The van der Waals surface area contributed by atoms with E-state index in [1.54, 1.807) is 35.4 Å². The third kappa shape index (κ3) is 4.06. The number of carbonyl (C=O) groups is 1. The maximum absolute atomic E-state index is 12.6. The molecule has 0 N–H and O–H groups in total. The number of aromatic nitrogens is 4. The Balaban J connectivity index is 1.87. The normalized spacial score (nSPS) is 14.4. The van der Waals surface area contributed by atoms with E-state index in [1.807, 2.05) is 24.5 Å². The van der Waals surface area contributed by atoms with E-state index in [0.717, 1.165) is 23.8 Å². The summed E-state index contributed by atoms with van der Waals surface area (Å²) in [5, 5.41) is 5.45. The Morgan fingerprint density at radius 3 is 2.38 bits per heavy atom. The van der Waals surface area contributed by atoms with Gasteiger partial charge in [-0.25, -0.2) is 14.8 Å². The number of carbonyl (C=O) groups excluding carboxylic acids is 1. The number of ether oxygens (including phenoxy) is 2. The van der Waals surface area contributed by atoms with Gasteiger partial charge in [-0.15, -0.1) is 0 Å². The zero-order chi connectivity index (χ0) is 22.8. The third-order valence-electron chi connectivity index (χ3n) is 5.98. The molecule has 1 fully saturated rings. The van der Waals surface area contributed by atoms with Gasteiger partial charge in [0, 0.05) is 44.4 Å². The quantitative estimate of drug-likeness (QED) is 0.595. The van der Waals surface area contributed by atoms with Gasteiger partial charge >= 0.3 is 6.03 Å². The second-order valence-corrected chi connectivity index (χ2v) is 8.33. The molecule has 0 radical (unpaired) electrons. The number of anilines is 1. The van der Waals surface area contributed by atoms with Gasteiger partial charge in [0.1, 0.15) is 0 Å². The average molecular weight is 439 g/mol. The zero-order valence-electron chi connectivity index (χ0n) is 19.3. The summed E-state index contributed by atoms with van der Waals surface area (Å²) in [6.45, 7) is 0. The molecule has 9 heteroatoms. The van der Waals surface area contributed by atoms with E-state index in [4.69, 9.17) is 14.5 Å². The highest BCUT2D eigenvalue weighted by Gasteiger charge is 2.22. The largest absolute Gasteiger partial charge is 0.493 e. The van der Waals surface area contributed by atoms with E-state index in [1.165, 1.54) is 29.1 Å². The molecule has 0 saturated heterocycles. The average Bonchev–Trinajstić information content (AvgIpc) is 3.32. The SMILES string of the molecule is COc1cc2nc(N(C)C(=O)N(C)C)nc(-c3cnn(C4CCCCC4)c3)c2cc1OC. The van der Waals surface area contributed by atoms with Gasteiger partial charge in [-0.2, -0.15) is 5.10 Å². The van der Waals surface area contributed by atoms with Crippen LogP contribution in [0.3, 0.4) is 0 Å². The van der Waals surface area contributed by atoms with Crippen molar-refractivity contribution in [3.63, 3.8) is 0 Å². The molecular weight excluding hydrogens is 408 g/mol. The number of rotatable bonds is 5. The maximum atomic E-state index is 12.6. The van der Waals surface area contributed by atoms with E-state index in [0.29, 0.717) is 34.7 Å². The molecule has 1 saturated carbocycles. The van der Waals surface area contributed by atoms with Gasteiger partial charge in [-0.05, 0) is 18.9 Å². The summed E-state index contributed by atoms with van der Waals surface area (Å²) in [4.78, 5) is 24.9. The highest BCUT2D eigenvalue weighted by molar-refractivity contribution is 5.97. The fourth-order valence-electron chi connectivity index (χ4n) is 4.20. The van der Waals surface area contributed by atoms with Gasteiger partial charge in [-0.1, -0.05) is 19.3 Å². The molecule has 32 heavy (non-hydrogen) atoms. The lowest BCUT2D eigenvalue weighted by Crippen LogP contribution is -2.37. The van der Waals surface area contributed by atoms with Gasteiger partial charge in [0.2, 0.25) is 5.95 Å². The van der Waals surface area contributed by atoms with E-state index in [-0.39, 0.29) is 6.03 Å². The van der Waals surface area contributed by atoms with Gasteiger partial charge in [0.05, 0.1) is 37.7 Å². The molecule has 2 amide bonds. The molecular formula is C23H30N6O3. The van der Waals surface area contributed by atoms with Crippen molar-refractivity contribution in [2.75, 3.05) is 40.3 Å². The Labute approximate surface area is 187 Å². The predicted octanol–water partition coefficient (Wildman–Crippen LogP) is 4.13. The molecule has 9 nitrogen and oxygen atoms in total. The number of hydrogen-bond donors (Lipinski definition) is 0. The van der Waals surface area contributed by atoms with Crippen molar-refractivity contribution in [3.8, 4) is 22.8 Å². The number of fused-ring (bicyclic) bond motifs is 1. The Morgan fingerprint density at radius 1 is 1.03 bits per heavy atom. The molecule has 170 valence electrons. The Bertz CT molecular complexity index is 1120. The Kier molecular flexibility index (Phi) is 6.16. The second kappa shape index (κ2) is 9.02. The lowest BCUT2D eigenvalue weighted by atomic mass is 9.96. The first kappa shape index (κ1) is 21.9. The second-order valence-electron chi connectivity index (χ2n) is 8.33. The van der Waals surface area contributed by atoms with Crippen LogP contribution >= 0.6 is 0 Å². The van der Waals surface area contributed by atoms with Crippen LogP contribution in [0, 0.1) is 0 Å². The Hall–Kier alpha value is -3.36. The minimum Gasteiger partial charge on any atom is -0.493 e. The van der Waals surface area contributed by atoms with Crippen LogP contribution in [-0.2, 0) is 0 Å². The first-order chi connectivity index (χ1) is 15.4. The van der Waals surface area contributed by atoms with E-state index < -0.39 is 0 Å². The smallest absolute Gasteiger partial charge is 0.326 e. The zero-order valence-corrected chi connectivity index (χ0v) is 19.3. The first-order valence-electron chi connectivity index (χ1n) is 10.9. The fourth-order valence-corrected chi connectivity index (χ4v) is 4.20. The lowest BCUT2D eigenvalue weighted by molar-refractivity contribution is 0.225. The number of methoxy groups -OCH3 is 2. The van der Waals surface area contributed by atoms with E-state index in [9.17, 15) is 4.79 Å². The summed E-state index contributed by atoms with van der Waals surface area (Å²) in [5.41, 5.74) is 2.24. The summed E-state index contributed by atoms with van der Waals surface area (Å²) in [6, 6.07) is 3.88. The monoisotopic (exact) mass is 438 g/mol. The number of hydrogen-bond acceptors (Lipinski definition) is 6. The molecule has 0 atom stereocenters. The number of urea groups is 1. The summed E-state index contributed by atoms with van der Waals surface area (Å²) < 4.78 is 13.0. The van der Waals surface area contributed by atoms with E-state index in [2.05, 4.69) is 14.8 Å². The molecule has 3 aromatic rings. The predicted molar refractivity (Wildman–Crippen MR) is 123 cm³/mol. The van der Waals surface area contributed by atoms with Gasteiger partial charge < -0.3 is 14.4 Å². The van der Waals surface area contributed by atoms with Crippen LogP contribution in [0.15, 0.2) is 24.5 Å². The molecule has 0 bridgehead atoms. The molecule has 1 aromatic carbocycles. The van der Waals surface area contributed by atoms with E-state index >= 15 is 0 Å². The molecule has 1 aliphatic rings. The molecule has 1 aliphatic carbocycles. The molecule has 0 unspecified atom stereocenters. The summed E-state index contributed by atoms with van der Waals surface area (Å²) in [5.74, 6) is 1.47. The minimum atomic E-state index is -0.214. The molecule has 0 aliphatic heterocycles. The maximum Gasteiger partial charge on any atom is 0.326 e. The van der Waals surface area contributed by atoms with Crippen LogP contribution < -0.4 is 14.4 Å². The standard InChI is InChI=1S/C23H30N6O3/c1-27(2)23(30)28(3)22-25-18-12-20(32-5)19(31-4)11-17(18)21(26-22)15-13-24-29(14-15)16-9-7-6-8-10-16/h11-14,16H,6-10H2,1-5H3. The van der Waals surface area contributed by atoms with Crippen LogP contribution in [0.25, 0.3) is 22.2 Å². The summed E-state index contributed by atoms with van der Waals surface area (Å²) in [7, 11) is 8.25. The van der Waals surface area contributed by atoms with Crippen LogP contribution in [0.5, 0.6) is 11.5 Å². The number of benzene rings is 1. The summed E-state index contributed by atoms with van der Waals surface area (Å²) in [6.07, 6.45) is 9.92. The molecule has 4 rings (SSSR count). The van der Waals surface area contributed by atoms with Crippen molar-refractivity contribution in [2.24, 2.45) is 0 Å². The van der Waals surface area contributed by atoms with Crippen LogP contribution in [-0.4, -0.2) is 66.0 Å². The fraction of sp³-hybridized carbons (Fsp3) is 0.478.